The number of carbonyl (C=O) groups excluding carboxylic acids is 1. The lowest BCUT2D eigenvalue weighted by molar-refractivity contribution is 0.0860. The van der Waals surface area contributed by atoms with Crippen LogP contribution in [0.15, 0.2) is 18.2 Å². The van der Waals surface area contributed by atoms with Crippen molar-refractivity contribution < 1.29 is 13.9 Å². The highest BCUT2D eigenvalue weighted by Gasteiger charge is 2.27. The molecule has 1 saturated carbocycles. The first kappa shape index (κ1) is 18.2. The number of likely N-dealkylation sites (tertiary alicyclic amines) is 1. The molecule has 1 aromatic carbocycles. The van der Waals surface area contributed by atoms with E-state index >= 15 is 0 Å². The third-order valence-electron chi connectivity index (χ3n) is 5.54. The minimum Gasteiger partial charge on any atom is -0.494 e. The monoisotopic (exact) mass is 348 g/mol. The van der Waals surface area contributed by atoms with Crippen LogP contribution in [0.5, 0.6) is 5.75 Å². The van der Waals surface area contributed by atoms with E-state index in [1.54, 1.807) is 6.07 Å². The number of ether oxygens (including phenoxy) is 1. The van der Waals surface area contributed by atoms with Crippen LogP contribution in [-0.4, -0.2) is 43.1 Å². The van der Waals surface area contributed by atoms with Crippen molar-refractivity contribution >= 4 is 5.91 Å². The molecule has 1 aliphatic heterocycles. The molecule has 0 radical (unpaired) electrons. The Kier molecular flexibility index (Phi) is 6.29. The zero-order chi connectivity index (χ0) is 17.6. The van der Waals surface area contributed by atoms with Crippen LogP contribution in [0.1, 0.15) is 61.7 Å². The lowest BCUT2D eigenvalue weighted by atomic mass is 9.99. The van der Waals surface area contributed by atoms with Crippen molar-refractivity contribution in [1.82, 2.24) is 10.2 Å². The van der Waals surface area contributed by atoms with Crippen molar-refractivity contribution in [3.63, 3.8) is 0 Å². The molecule has 4 nitrogen and oxygen atoms in total. The lowest BCUT2D eigenvalue weighted by Crippen LogP contribution is -2.50. The van der Waals surface area contributed by atoms with Crippen LogP contribution in [0.4, 0.5) is 4.39 Å². The lowest BCUT2D eigenvalue weighted by Gasteiger charge is -2.38. The zero-order valence-corrected chi connectivity index (χ0v) is 15.1. The molecular formula is C20H29FN2O2. The van der Waals surface area contributed by atoms with Crippen LogP contribution in [0.2, 0.25) is 0 Å². The Labute approximate surface area is 149 Å². The smallest absolute Gasteiger partial charge is 0.251 e. The number of benzene rings is 1. The van der Waals surface area contributed by atoms with Gasteiger partial charge in [0.15, 0.2) is 11.6 Å². The molecule has 0 bridgehead atoms. The van der Waals surface area contributed by atoms with E-state index in [2.05, 4.69) is 10.2 Å². The number of carbonyl (C=O) groups is 1. The Morgan fingerprint density at radius 3 is 2.60 bits per heavy atom. The number of hydrogen-bond donors (Lipinski definition) is 1. The van der Waals surface area contributed by atoms with Crippen LogP contribution in [-0.2, 0) is 0 Å². The van der Waals surface area contributed by atoms with E-state index in [4.69, 9.17) is 4.74 Å². The van der Waals surface area contributed by atoms with Gasteiger partial charge in [-0.3, -0.25) is 9.69 Å². The molecule has 0 unspecified atom stereocenters. The van der Waals surface area contributed by atoms with Gasteiger partial charge in [0.2, 0.25) is 0 Å². The minimum atomic E-state index is -0.501. The van der Waals surface area contributed by atoms with Crippen molar-refractivity contribution in [3.05, 3.63) is 29.6 Å². The Bertz CT molecular complexity index is 585. The second-order valence-electron chi connectivity index (χ2n) is 7.30. The Morgan fingerprint density at radius 1 is 1.16 bits per heavy atom. The summed E-state index contributed by atoms with van der Waals surface area (Å²) >= 11 is 0. The largest absolute Gasteiger partial charge is 0.494 e. The molecule has 5 heteroatoms. The van der Waals surface area contributed by atoms with E-state index in [9.17, 15) is 9.18 Å². The first-order chi connectivity index (χ1) is 12.2. The van der Waals surface area contributed by atoms with Gasteiger partial charge in [0.05, 0.1) is 7.11 Å². The molecule has 1 aliphatic carbocycles. The standard InChI is InChI=1S/C20H29FN2O2/c1-25-19-11-10-15(13-18(19)21)20(24)22-16-7-6-12-23(14-16)17-8-4-2-3-5-9-17/h10-11,13,16-17H,2-9,12,14H2,1H3,(H,22,24)/t16-/m1/s1. The molecule has 3 rings (SSSR count). The fraction of sp³-hybridized carbons (Fsp3) is 0.650. The molecule has 2 fully saturated rings. The second kappa shape index (κ2) is 8.65. The van der Waals surface area contributed by atoms with Crippen molar-refractivity contribution in [2.45, 2.75) is 63.5 Å². The molecule has 0 spiro atoms. The summed E-state index contributed by atoms with van der Waals surface area (Å²) in [5.74, 6) is -0.540. The number of methoxy groups -OCH3 is 1. The van der Waals surface area contributed by atoms with E-state index < -0.39 is 5.82 Å². The fourth-order valence-electron chi connectivity index (χ4n) is 4.16. The molecule has 1 heterocycles. The van der Waals surface area contributed by atoms with Crippen LogP contribution in [0.25, 0.3) is 0 Å². The fourth-order valence-corrected chi connectivity index (χ4v) is 4.16. The first-order valence-electron chi connectivity index (χ1n) is 9.56. The number of amides is 1. The van der Waals surface area contributed by atoms with Gasteiger partial charge >= 0.3 is 0 Å². The van der Waals surface area contributed by atoms with Crippen molar-refractivity contribution in [3.8, 4) is 5.75 Å². The highest BCUT2D eigenvalue weighted by molar-refractivity contribution is 5.94. The molecule has 25 heavy (non-hydrogen) atoms. The summed E-state index contributed by atoms with van der Waals surface area (Å²) in [6, 6.07) is 5.18. The highest BCUT2D eigenvalue weighted by atomic mass is 19.1. The molecule has 1 saturated heterocycles. The molecule has 2 aliphatic rings. The molecule has 0 aromatic heterocycles. The van der Waals surface area contributed by atoms with E-state index in [1.165, 1.54) is 57.8 Å². The normalized spacial score (nSPS) is 23.0. The average Bonchev–Trinajstić information content (AvgIpc) is 2.91. The highest BCUT2D eigenvalue weighted by Crippen LogP contribution is 2.25. The van der Waals surface area contributed by atoms with E-state index in [0.29, 0.717) is 11.6 Å². The van der Waals surface area contributed by atoms with Gasteiger partial charge in [0.25, 0.3) is 5.91 Å². The molecule has 1 N–H and O–H groups in total. The predicted octanol–water partition coefficient (Wildman–Crippen LogP) is 3.75. The molecule has 1 amide bonds. The van der Waals surface area contributed by atoms with Gasteiger partial charge in [0.1, 0.15) is 0 Å². The SMILES string of the molecule is COc1ccc(C(=O)N[C@@H]2CCCN(C3CCCCCC3)C2)cc1F. The van der Waals surface area contributed by atoms with E-state index in [1.807, 2.05) is 0 Å². The van der Waals surface area contributed by atoms with Gasteiger partial charge in [-0.2, -0.15) is 0 Å². The summed E-state index contributed by atoms with van der Waals surface area (Å²) in [6.07, 6.45) is 10.0. The summed E-state index contributed by atoms with van der Waals surface area (Å²) in [4.78, 5) is 15.0. The Balaban J connectivity index is 1.58. The molecular weight excluding hydrogens is 319 g/mol. The minimum absolute atomic E-state index is 0.148. The van der Waals surface area contributed by atoms with Gasteiger partial charge in [0, 0.05) is 24.2 Å². The number of piperidine rings is 1. The topological polar surface area (TPSA) is 41.6 Å². The van der Waals surface area contributed by atoms with Crippen molar-refractivity contribution in [1.29, 1.82) is 0 Å². The van der Waals surface area contributed by atoms with E-state index in [0.717, 1.165) is 25.9 Å². The third-order valence-corrected chi connectivity index (χ3v) is 5.54. The Morgan fingerprint density at radius 2 is 1.92 bits per heavy atom. The predicted molar refractivity (Wildman–Crippen MR) is 96.5 cm³/mol. The quantitative estimate of drug-likeness (QED) is 0.843. The van der Waals surface area contributed by atoms with Crippen LogP contribution >= 0.6 is 0 Å². The van der Waals surface area contributed by atoms with Gasteiger partial charge in [-0.1, -0.05) is 25.7 Å². The molecule has 1 atom stereocenters. The maximum absolute atomic E-state index is 13.8. The van der Waals surface area contributed by atoms with Gasteiger partial charge in [-0.05, 0) is 50.4 Å². The average molecular weight is 348 g/mol. The third kappa shape index (κ3) is 4.72. The van der Waals surface area contributed by atoms with E-state index in [-0.39, 0.29) is 17.7 Å². The zero-order valence-electron chi connectivity index (χ0n) is 15.1. The summed E-state index contributed by atoms with van der Waals surface area (Å²) in [6.45, 7) is 2.04. The Hall–Kier alpha value is -1.62. The number of nitrogens with zero attached hydrogens (tertiary/aromatic N) is 1. The molecule has 1 aromatic rings. The van der Waals surface area contributed by atoms with Gasteiger partial charge in [-0.25, -0.2) is 4.39 Å². The maximum atomic E-state index is 13.8. The van der Waals surface area contributed by atoms with Crippen LogP contribution < -0.4 is 10.1 Å². The van der Waals surface area contributed by atoms with Gasteiger partial charge in [-0.15, -0.1) is 0 Å². The summed E-state index contributed by atoms with van der Waals surface area (Å²) < 4.78 is 18.7. The van der Waals surface area contributed by atoms with Gasteiger partial charge < -0.3 is 10.1 Å². The second-order valence-corrected chi connectivity index (χ2v) is 7.30. The molecule has 138 valence electrons. The summed E-state index contributed by atoms with van der Waals surface area (Å²) in [7, 11) is 1.42. The van der Waals surface area contributed by atoms with Crippen LogP contribution in [0, 0.1) is 5.82 Å². The number of rotatable bonds is 4. The number of halogens is 1. The van der Waals surface area contributed by atoms with Crippen molar-refractivity contribution in [2.75, 3.05) is 20.2 Å². The summed E-state index contributed by atoms with van der Waals surface area (Å²) in [5.41, 5.74) is 0.352. The first-order valence-corrected chi connectivity index (χ1v) is 9.56. The number of hydrogen-bond acceptors (Lipinski definition) is 3. The summed E-state index contributed by atoms with van der Waals surface area (Å²) in [5, 5.41) is 3.10. The number of nitrogens with one attached hydrogen (secondary N) is 1. The maximum Gasteiger partial charge on any atom is 0.251 e. The van der Waals surface area contributed by atoms with Crippen LogP contribution in [0.3, 0.4) is 0 Å². The van der Waals surface area contributed by atoms with Crippen molar-refractivity contribution in [2.24, 2.45) is 0 Å².